The number of unbranched alkanes of at least 4 members (excludes halogenated alkanes) is 1. The van der Waals surface area contributed by atoms with Gasteiger partial charge in [-0.15, -0.1) is 0 Å². The van der Waals surface area contributed by atoms with Gasteiger partial charge in [0.1, 0.15) is 17.2 Å². The summed E-state index contributed by atoms with van der Waals surface area (Å²) < 4.78 is 0. The van der Waals surface area contributed by atoms with Crippen LogP contribution < -0.4 is 16.0 Å². The van der Waals surface area contributed by atoms with Crippen LogP contribution in [0.1, 0.15) is 30.1 Å². The van der Waals surface area contributed by atoms with Gasteiger partial charge in [-0.3, -0.25) is 5.32 Å². The molecule has 9 heteroatoms. The van der Waals surface area contributed by atoms with Gasteiger partial charge < -0.3 is 15.7 Å². The molecule has 2 heterocycles. The standard InChI is InChI=1S/C26H27ClN6O2/c27-20-11-6-10-19(15-20)22(34)16-30-24-17-29-21-12-13-23(31-25(21)32-24)33-26(35)28-14-5-4-9-18-7-2-1-3-8-18/h1-3,6-8,10-13,15,17,22,34H,4-5,9,14,16H2,(H3,28,30,31,32,33,35)/t22-/m1/s1. The third-order valence-corrected chi connectivity index (χ3v) is 5.61. The highest BCUT2D eigenvalue weighted by Crippen LogP contribution is 2.19. The number of rotatable bonds is 10. The van der Waals surface area contributed by atoms with Crippen LogP contribution >= 0.6 is 11.6 Å². The summed E-state index contributed by atoms with van der Waals surface area (Å²) in [5.74, 6) is 0.843. The van der Waals surface area contributed by atoms with Gasteiger partial charge in [-0.2, -0.15) is 0 Å². The van der Waals surface area contributed by atoms with Gasteiger partial charge in [-0.1, -0.05) is 54.1 Å². The van der Waals surface area contributed by atoms with Crippen LogP contribution in [0.4, 0.5) is 16.4 Å². The smallest absolute Gasteiger partial charge is 0.320 e. The Balaban J connectivity index is 1.26. The highest BCUT2D eigenvalue weighted by Gasteiger charge is 2.10. The molecule has 0 fully saturated rings. The second-order valence-electron chi connectivity index (χ2n) is 8.07. The Hall–Kier alpha value is -3.75. The van der Waals surface area contributed by atoms with Crippen molar-refractivity contribution in [1.82, 2.24) is 20.3 Å². The van der Waals surface area contributed by atoms with Crippen molar-refractivity contribution in [1.29, 1.82) is 0 Å². The number of amides is 2. The van der Waals surface area contributed by atoms with Gasteiger partial charge >= 0.3 is 6.03 Å². The van der Waals surface area contributed by atoms with Crippen LogP contribution in [0.5, 0.6) is 0 Å². The second kappa shape index (κ2) is 12.1. The van der Waals surface area contributed by atoms with E-state index in [1.807, 2.05) is 18.2 Å². The fourth-order valence-corrected chi connectivity index (χ4v) is 3.75. The van der Waals surface area contributed by atoms with Gasteiger partial charge in [0.2, 0.25) is 0 Å². The van der Waals surface area contributed by atoms with E-state index in [1.54, 1.807) is 42.6 Å². The van der Waals surface area contributed by atoms with Crippen molar-refractivity contribution in [3.05, 3.63) is 89.1 Å². The normalized spacial score (nSPS) is 11.7. The number of carbonyl (C=O) groups is 1. The van der Waals surface area contributed by atoms with E-state index in [9.17, 15) is 9.90 Å². The summed E-state index contributed by atoms with van der Waals surface area (Å²) in [6.07, 6.45) is 3.68. The van der Waals surface area contributed by atoms with E-state index >= 15 is 0 Å². The minimum atomic E-state index is -0.761. The molecule has 0 saturated heterocycles. The Bertz CT molecular complexity index is 1270. The molecular formula is C26H27ClN6O2. The lowest BCUT2D eigenvalue weighted by atomic mass is 10.1. The molecule has 0 aliphatic carbocycles. The number of hydrogen-bond donors (Lipinski definition) is 4. The summed E-state index contributed by atoms with van der Waals surface area (Å²) in [5.41, 5.74) is 2.98. The molecule has 35 heavy (non-hydrogen) atoms. The van der Waals surface area contributed by atoms with Crippen LogP contribution in [0.25, 0.3) is 11.2 Å². The van der Waals surface area contributed by atoms with E-state index in [2.05, 4.69) is 43.0 Å². The van der Waals surface area contributed by atoms with Gasteiger partial charge in [0.15, 0.2) is 5.65 Å². The molecule has 0 aliphatic heterocycles. The predicted octanol–water partition coefficient (Wildman–Crippen LogP) is 4.97. The second-order valence-corrected chi connectivity index (χ2v) is 8.51. The zero-order valence-electron chi connectivity index (χ0n) is 19.1. The number of benzene rings is 2. The van der Waals surface area contributed by atoms with Crippen LogP contribution in [0.2, 0.25) is 5.02 Å². The topological polar surface area (TPSA) is 112 Å². The molecule has 4 N–H and O–H groups in total. The fraction of sp³-hybridized carbons (Fsp3) is 0.231. The van der Waals surface area contributed by atoms with E-state index in [0.29, 0.717) is 39.9 Å². The van der Waals surface area contributed by atoms with Crippen LogP contribution in [-0.4, -0.2) is 39.2 Å². The lowest BCUT2D eigenvalue weighted by Gasteiger charge is -2.13. The maximum atomic E-state index is 12.2. The monoisotopic (exact) mass is 490 g/mol. The van der Waals surface area contributed by atoms with Gasteiger partial charge in [-0.25, -0.2) is 19.7 Å². The Morgan fingerprint density at radius 1 is 0.971 bits per heavy atom. The number of nitrogens with one attached hydrogen (secondary N) is 3. The van der Waals surface area contributed by atoms with Crippen molar-refractivity contribution >= 4 is 40.4 Å². The Morgan fingerprint density at radius 3 is 2.63 bits per heavy atom. The van der Waals surface area contributed by atoms with Crippen molar-refractivity contribution in [3.63, 3.8) is 0 Å². The molecule has 8 nitrogen and oxygen atoms in total. The van der Waals surface area contributed by atoms with Crippen molar-refractivity contribution in [2.45, 2.75) is 25.4 Å². The first-order valence-corrected chi connectivity index (χ1v) is 11.8. The number of aliphatic hydroxyl groups is 1. The predicted molar refractivity (Wildman–Crippen MR) is 139 cm³/mol. The van der Waals surface area contributed by atoms with Crippen LogP contribution in [0, 0.1) is 0 Å². The number of carbonyl (C=O) groups excluding carboxylic acids is 1. The van der Waals surface area contributed by atoms with Crippen molar-refractivity contribution in [2.24, 2.45) is 0 Å². The van der Waals surface area contributed by atoms with Gasteiger partial charge in [0.25, 0.3) is 0 Å². The molecule has 0 radical (unpaired) electrons. The number of aromatic nitrogens is 3. The van der Waals surface area contributed by atoms with Gasteiger partial charge in [0, 0.05) is 18.1 Å². The summed E-state index contributed by atoms with van der Waals surface area (Å²) in [7, 11) is 0. The summed E-state index contributed by atoms with van der Waals surface area (Å²) in [6.45, 7) is 0.806. The van der Waals surface area contributed by atoms with E-state index in [0.717, 1.165) is 19.3 Å². The van der Waals surface area contributed by atoms with Crippen molar-refractivity contribution in [2.75, 3.05) is 23.7 Å². The van der Waals surface area contributed by atoms with Crippen LogP contribution in [-0.2, 0) is 6.42 Å². The molecule has 2 aromatic carbocycles. The molecule has 2 amide bonds. The molecule has 2 aromatic heterocycles. The molecule has 0 aliphatic rings. The minimum absolute atomic E-state index is 0.227. The SMILES string of the molecule is O=C(NCCCCc1ccccc1)Nc1ccc2ncc(NC[C@@H](O)c3cccc(Cl)c3)nc2n1. The highest BCUT2D eigenvalue weighted by molar-refractivity contribution is 6.30. The van der Waals surface area contributed by atoms with E-state index in [-0.39, 0.29) is 12.6 Å². The summed E-state index contributed by atoms with van der Waals surface area (Å²) in [6, 6.07) is 20.5. The average molecular weight is 491 g/mol. The molecule has 180 valence electrons. The molecule has 4 rings (SSSR count). The number of aryl methyl sites for hydroxylation is 1. The highest BCUT2D eigenvalue weighted by atomic mass is 35.5. The number of anilines is 2. The molecular weight excluding hydrogens is 464 g/mol. The zero-order chi connectivity index (χ0) is 24.5. The number of halogens is 1. The Labute approximate surface area is 208 Å². The van der Waals surface area contributed by atoms with E-state index in [1.165, 1.54) is 5.56 Å². The molecule has 0 unspecified atom stereocenters. The summed E-state index contributed by atoms with van der Waals surface area (Å²) in [4.78, 5) is 25.4. The zero-order valence-corrected chi connectivity index (χ0v) is 19.9. The van der Waals surface area contributed by atoms with Gasteiger partial charge in [0.05, 0.1) is 12.3 Å². The van der Waals surface area contributed by atoms with Crippen molar-refractivity contribution in [3.8, 4) is 0 Å². The molecule has 0 saturated carbocycles. The first-order valence-electron chi connectivity index (χ1n) is 11.5. The molecule has 4 aromatic rings. The number of urea groups is 1. The number of pyridine rings is 1. The largest absolute Gasteiger partial charge is 0.387 e. The maximum absolute atomic E-state index is 12.2. The minimum Gasteiger partial charge on any atom is -0.387 e. The third kappa shape index (κ3) is 7.37. The Kier molecular flexibility index (Phi) is 8.43. The summed E-state index contributed by atoms with van der Waals surface area (Å²) >= 11 is 5.99. The number of hydrogen-bond acceptors (Lipinski definition) is 6. The molecule has 0 bridgehead atoms. The van der Waals surface area contributed by atoms with E-state index in [4.69, 9.17) is 11.6 Å². The first kappa shape index (κ1) is 24.4. The number of nitrogens with zero attached hydrogens (tertiary/aromatic N) is 3. The lowest BCUT2D eigenvalue weighted by molar-refractivity contribution is 0.191. The van der Waals surface area contributed by atoms with Crippen molar-refractivity contribution < 1.29 is 9.90 Å². The number of fused-ring (bicyclic) bond motifs is 1. The molecule has 0 spiro atoms. The van der Waals surface area contributed by atoms with Gasteiger partial charge in [-0.05, 0) is 54.7 Å². The quantitative estimate of drug-likeness (QED) is 0.233. The fourth-order valence-electron chi connectivity index (χ4n) is 3.55. The lowest BCUT2D eigenvalue weighted by Crippen LogP contribution is -2.29. The van der Waals surface area contributed by atoms with Crippen LogP contribution in [0.3, 0.4) is 0 Å². The third-order valence-electron chi connectivity index (χ3n) is 5.38. The summed E-state index contributed by atoms with van der Waals surface area (Å²) in [5, 5.41) is 19.6. The maximum Gasteiger partial charge on any atom is 0.320 e. The number of aliphatic hydroxyl groups excluding tert-OH is 1. The first-order chi connectivity index (χ1) is 17.1. The van der Waals surface area contributed by atoms with Crippen LogP contribution in [0.15, 0.2) is 72.9 Å². The van der Waals surface area contributed by atoms with E-state index < -0.39 is 6.10 Å². The molecule has 1 atom stereocenters. The Morgan fingerprint density at radius 2 is 1.80 bits per heavy atom. The average Bonchev–Trinajstić information content (AvgIpc) is 2.87.